The first-order valence-corrected chi connectivity index (χ1v) is 7.69. The van der Waals surface area contributed by atoms with E-state index in [0.717, 1.165) is 5.56 Å². The number of anilines is 1. The number of hydrogen-bond acceptors (Lipinski definition) is 5. The van der Waals surface area contributed by atoms with Crippen molar-refractivity contribution in [1.82, 2.24) is 0 Å². The van der Waals surface area contributed by atoms with Gasteiger partial charge in [-0.15, -0.1) is 0 Å². The molecular weight excluding hydrogens is 338 g/mol. The van der Waals surface area contributed by atoms with E-state index in [-0.39, 0.29) is 11.9 Å². The van der Waals surface area contributed by atoms with Crippen LogP contribution in [-0.4, -0.2) is 17.2 Å². The van der Waals surface area contributed by atoms with Gasteiger partial charge in [-0.2, -0.15) is 0 Å². The van der Waals surface area contributed by atoms with Crippen molar-refractivity contribution in [2.45, 2.75) is 26.9 Å². The van der Waals surface area contributed by atoms with E-state index in [9.17, 15) is 4.79 Å². The fraction of sp³-hybridized carbons (Fsp3) is 0.250. The first-order valence-electron chi connectivity index (χ1n) is 6.90. The Labute approximate surface area is 144 Å². The molecule has 0 spiro atoms. The summed E-state index contributed by atoms with van der Waals surface area (Å²) in [5.41, 5.74) is 1.42. The van der Waals surface area contributed by atoms with Gasteiger partial charge in [-0.1, -0.05) is 23.8 Å². The lowest BCUT2D eigenvalue weighted by Crippen LogP contribution is -2.16. The summed E-state index contributed by atoms with van der Waals surface area (Å²) in [4.78, 5) is 12.1. The zero-order valence-corrected chi connectivity index (χ0v) is 14.5. The molecule has 0 bridgehead atoms. The molecule has 1 N–H and O–H groups in total. The molecule has 0 saturated heterocycles. The van der Waals surface area contributed by atoms with E-state index in [1.807, 2.05) is 6.92 Å². The maximum atomic E-state index is 11.6. The Morgan fingerprint density at radius 1 is 1.35 bits per heavy atom. The monoisotopic (exact) mass is 353 g/mol. The van der Waals surface area contributed by atoms with Crippen LogP contribution in [0.15, 0.2) is 34.9 Å². The summed E-state index contributed by atoms with van der Waals surface area (Å²) in [5, 5.41) is 3.34. The van der Waals surface area contributed by atoms with Crippen LogP contribution in [0, 0.1) is 6.92 Å². The summed E-state index contributed by atoms with van der Waals surface area (Å²) in [5.74, 6) is 0.905. The topological polar surface area (TPSA) is 60.7 Å². The highest BCUT2D eigenvalue weighted by Gasteiger charge is 2.13. The molecule has 1 aromatic carbocycles. The Bertz CT molecular complexity index is 727. The molecule has 0 aliphatic rings. The Balaban J connectivity index is 2.12. The summed E-state index contributed by atoms with van der Waals surface area (Å²) < 4.78 is 15.2. The quantitative estimate of drug-likeness (QED) is 0.476. The number of carbonyl (C=O) groups excluding carboxylic acids is 1. The number of thiocarbonyl (C=S) groups is 1. The minimum Gasteiger partial charge on any atom is -0.469 e. The molecule has 1 heterocycles. The van der Waals surface area contributed by atoms with E-state index in [1.165, 1.54) is 0 Å². The highest BCUT2D eigenvalue weighted by molar-refractivity contribution is 7.81. The maximum absolute atomic E-state index is 11.6. The lowest BCUT2D eigenvalue weighted by atomic mass is 10.2. The smallest absolute Gasteiger partial charge is 0.469 e. The van der Waals surface area contributed by atoms with Gasteiger partial charge in [-0.3, -0.25) is 0 Å². The first kappa shape index (κ1) is 17.3. The van der Waals surface area contributed by atoms with Gasteiger partial charge in [0.2, 0.25) is 0 Å². The molecule has 1 aromatic heterocycles. The second-order valence-corrected chi connectivity index (χ2v) is 5.82. The number of hydrogen-bond donors (Lipinski definition) is 1. The van der Waals surface area contributed by atoms with E-state index in [0.29, 0.717) is 21.5 Å². The van der Waals surface area contributed by atoms with Crippen LogP contribution in [0.2, 0.25) is 5.02 Å². The number of aryl methyl sites for hydroxylation is 1. The molecule has 2 aromatic rings. The SMILES string of the molecule is Cc1occc1C(=S)Nc1ccc(Cl)c(OC(=O)OC(C)C)c1. The molecule has 0 amide bonds. The third-order valence-corrected chi connectivity index (χ3v) is 3.45. The number of rotatable bonds is 4. The normalized spacial score (nSPS) is 10.5. The van der Waals surface area contributed by atoms with Gasteiger partial charge in [0.15, 0.2) is 5.75 Å². The molecule has 0 fully saturated rings. The number of ether oxygens (including phenoxy) is 2. The molecule has 0 unspecified atom stereocenters. The zero-order chi connectivity index (χ0) is 17.0. The van der Waals surface area contributed by atoms with Crippen molar-refractivity contribution in [3.63, 3.8) is 0 Å². The van der Waals surface area contributed by atoms with Crippen molar-refractivity contribution in [2.24, 2.45) is 0 Å². The second kappa shape index (κ2) is 7.48. The van der Waals surface area contributed by atoms with Crippen LogP contribution in [0.5, 0.6) is 5.75 Å². The van der Waals surface area contributed by atoms with Crippen molar-refractivity contribution >= 4 is 40.7 Å². The largest absolute Gasteiger partial charge is 0.514 e. The van der Waals surface area contributed by atoms with Crippen molar-refractivity contribution in [3.8, 4) is 5.75 Å². The molecule has 0 radical (unpaired) electrons. The third-order valence-electron chi connectivity index (χ3n) is 2.82. The summed E-state index contributed by atoms with van der Waals surface area (Å²) in [6, 6.07) is 6.68. The van der Waals surface area contributed by atoms with Gasteiger partial charge in [0.1, 0.15) is 10.7 Å². The molecule has 0 aliphatic heterocycles. The molecule has 0 saturated carbocycles. The van der Waals surface area contributed by atoms with Crippen molar-refractivity contribution < 1.29 is 18.7 Å². The van der Waals surface area contributed by atoms with Gasteiger partial charge in [-0.05, 0) is 39.0 Å². The number of halogens is 1. The van der Waals surface area contributed by atoms with Crippen LogP contribution in [0.1, 0.15) is 25.2 Å². The van der Waals surface area contributed by atoms with Crippen molar-refractivity contribution in [3.05, 3.63) is 46.9 Å². The highest BCUT2D eigenvalue weighted by Crippen LogP contribution is 2.29. The molecular formula is C16H16ClNO4S. The predicted octanol–water partition coefficient (Wildman–Crippen LogP) is 4.95. The Kier molecular flexibility index (Phi) is 5.63. The number of carbonyl (C=O) groups is 1. The van der Waals surface area contributed by atoms with Crippen LogP contribution < -0.4 is 10.1 Å². The third kappa shape index (κ3) is 4.71. The van der Waals surface area contributed by atoms with Gasteiger partial charge in [0.05, 0.1) is 23.0 Å². The molecule has 122 valence electrons. The summed E-state index contributed by atoms with van der Waals surface area (Å²) >= 11 is 11.4. The average molecular weight is 354 g/mol. The number of benzene rings is 1. The molecule has 7 heteroatoms. The van der Waals surface area contributed by atoms with Crippen LogP contribution >= 0.6 is 23.8 Å². The van der Waals surface area contributed by atoms with Crippen LogP contribution in [0.25, 0.3) is 0 Å². The Morgan fingerprint density at radius 3 is 2.70 bits per heavy atom. The summed E-state index contributed by atoms with van der Waals surface area (Å²) in [6.07, 6.45) is 0.475. The van der Waals surface area contributed by atoms with E-state index in [2.05, 4.69) is 5.32 Å². The molecule has 2 rings (SSSR count). The average Bonchev–Trinajstić information content (AvgIpc) is 2.88. The summed E-state index contributed by atoms with van der Waals surface area (Å²) in [7, 11) is 0. The van der Waals surface area contributed by atoms with Gasteiger partial charge >= 0.3 is 6.16 Å². The molecule has 5 nitrogen and oxygen atoms in total. The fourth-order valence-electron chi connectivity index (χ4n) is 1.78. The van der Waals surface area contributed by atoms with Crippen LogP contribution in [0.3, 0.4) is 0 Å². The first-order chi connectivity index (χ1) is 10.9. The fourth-order valence-corrected chi connectivity index (χ4v) is 2.27. The zero-order valence-electron chi connectivity index (χ0n) is 12.9. The summed E-state index contributed by atoms with van der Waals surface area (Å²) in [6.45, 7) is 5.28. The maximum Gasteiger partial charge on any atom is 0.514 e. The van der Waals surface area contributed by atoms with E-state index >= 15 is 0 Å². The van der Waals surface area contributed by atoms with E-state index < -0.39 is 6.16 Å². The minimum atomic E-state index is -0.813. The minimum absolute atomic E-state index is 0.189. The molecule has 0 aliphatic carbocycles. The Morgan fingerprint density at radius 2 is 2.09 bits per heavy atom. The van der Waals surface area contributed by atoms with Crippen LogP contribution in [0.4, 0.5) is 10.5 Å². The molecule has 23 heavy (non-hydrogen) atoms. The lowest BCUT2D eigenvalue weighted by molar-refractivity contribution is 0.0729. The van der Waals surface area contributed by atoms with E-state index in [4.69, 9.17) is 37.7 Å². The van der Waals surface area contributed by atoms with Gasteiger partial charge in [0, 0.05) is 11.8 Å². The van der Waals surface area contributed by atoms with Crippen LogP contribution in [-0.2, 0) is 4.74 Å². The highest BCUT2D eigenvalue weighted by atomic mass is 35.5. The van der Waals surface area contributed by atoms with Gasteiger partial charge in [-0.25, -0.2) is 4.79 Å². The standard InChI is InChI=1S/C16H16ClNO4S/c1-9(2)21-16(19)22-14-8-11(4-5-13(14)17)18-15(23)12-6-7-20-10(12)3/h4-9H,1-3H3,(H,18,23). The number of furan rings is 1. The van der Waals surface area contributed by atoms with Crippen molar-refractivity contribution in [1.29, 1.82) is 0 Å². The Hall–Kier alpha value is -2.05. The lowest BCUT2D eigenvalue weighted by Gasteiger charge is -2.12. The second-order valence-electron chi connectivity index (χ2n) is 5.01. The molecule has 0 atom stereocenters. The van der Waals surface area contributed by atoms with Gasteiger partial charge in [0.25, 0.3) is 0 Å². The van der Waals surface area contributed by atoms with Crippen molar-refractivity contribution in [2.75, 3.05) is 5.32 Å². The van der Waals surface area contributed by atoms with E-state index in [1.54, 1.807) is 44.4 Å². The van der Waals surface area contributed by atoms with Gasteiger partial charge < -0.3 is 19.2 Å². The number of nitrogens with one attached hydrogen (secondary N) is 1. The predicted molar refractivity (Wildman–Crippen MR) is 92.5 cm³/mol.